The van der Waals surface area contributed by atoms with Crippen LogP contribution in [0.3, 0.4) is 0 Å². The Hall–Kier alpha value is -0.580. The highest BCUT2D eigenvalue weighted by Crippen LogP contribution is 2.40. The van der Waals surface area contributed by atoms with Gasteiger partial charge in [-0.05, 0) is 13.8 Å². The monoisotopic (exact) mass is 144 g/mol. The van der Waals surface area contributed by atoms with Crippen molar-refractivity contribution in [3.8, 4) is 11.8 Å². The van der Waals surface area contributed by atoms with Gasteiger partial charge in [0, 0.05) is 12.8 Å². The molecule has 0 fully saturated rings. The van der Waals surface area contributed by atoms with E-state index in [0.717, 1.165) is 0 Å². The summed E-state index contributed by atoms with van der Waals surface area (Å²) < 4.78 is 25.8. The summed E-state index contributed by atoms with van der Waals surface area (Å²) >= 11 is 0. The van der Waals surface area contributed by atoms with Crippen LogP contribution in [0.25, 0.3) is 0 Å². The lowest BCUT2D eigenvalue weighted by atomic mass is 9.81. The van der Waals surface area contributed by atoms with Crippen molar-refractivity contribution >= 4 is 0 Å². The summed E-state index contributed by atoms with van der Waals surface area (Å²) in [6, 6.07) is 0. The average Bonchev–Trinajstić information content (AvgIpc) is 1.77. The summed E-state index contributed by atoms with van der Waals surface area (Å²) in [6.07, 6.45) is 0.240. The zero-order valence-electron chi connectivity index (χ0n) is 6.17. The highest BCUT2D eigenvalue weighted by molar-refractivity contribution is 5.18. The van der Waals surface area contributed by atoms with Crippen LogP contribution in [-0.2, 0) is 0 Å². The van der Waals surface area contributed by atoms with Gasteiger partial charge in [-0.3, -0.25) is 0 Å². The minimum Gasteiger partial charge on any atom is -0.205 e. The molecule has 0 aliphatic heterocycles. The van der Waals surface area contributed by atoms with Gasteiger partial charge in [0.15, 0.2) is 0 Å². The van der Waals surface area contributed by atoms with Gasteiger partial charge in [-0.15, -0.1) is 5.92 Å². The Kier molecular flexibility index (Phi) is 1.47. The van der Waals surface area contributed by atoms with E-state index in [-0.39, 0.29) is 6.42 Å². The molecule has 2 heteroatoms. The molecule has 0 saturated carbocycles. The first kappa shape index (κ1) is 7.53. The molecule has 0 nitrogen and oxygen atoms in total. The van der Waals surface area contributed by atoms with Crippen LogP contribution >= 0.6 is 0 Å². The molecule has 1 rings (SSSR count). The van der Waals surface area contributed by atoms with E-state index in [1.165, 1.54) is 13.8 Å². The number of hydrogen-bond donors (Lipinski definition) is 0. The van der Waals surface area contributed by atoms with Crippen LogP contribution < -0.4 is 0 Å². The summed E-state index contributed by atoms with van der Waals surface area (Å²) in [6.45, 7) is 2.97. The van der Waals surface area contributed by atoms with Gasteiger partial charge in [-0.25, -0.2) is 8.78 Å². The lowest BCUT2D eigenvalue weighted by molar-refractivity contribution is -0.0854. The molecule has 0 spiro atoms. The van der Waals surface area contributed by atoms with Crippen molar-refractivity contribution in [2.24, 2.45) is 5.41 Å². The van der Waals surface area contributed by atoms with Gasteiger partial charge in [0.05, 0.1) is 5.41 Å². The summed E-state index contributed by atoms with van der Waals surface area (Å²) in [5, 5.41) is 0. The first-order valence-corrected chi connectivity index (χ1v) is 3.34. The normalized spacial score (nSPS) is 26.8. The van der Waals surface area contributed by atoms with Gasteiger partial charge in [-0.1, -0.05) is 5.92 Å². The van der Waals surface area contributed by atoms with Crippen LogP contribution in [0.5, 0.6) is 0 Å². The minimum atomic E-state index is -2.60. The van der Waals surface area contributed by atoms with Crippen molar-refractivity contribution in [1.82, 2.24) is 0 Å². The molecule has 56 valence electrons. The van der Waals surface area contributed by atoms with Crippen LogP contribution in [0.15, 0.2) is 0 Å². The highest BCUT2D eigenvalue weighted by Gasteiger charge is 2.46. The lowest BCUT2D eigenvalue weighted by Crippen LogP contribution is -2.36. The standard InChI is InChI=1S/C8H10F2/c1-7(2)5-3-4-6-8(7,9)10/h4,6H2,1-2H3. The van der Waals surface area contributed by atoms with Gasteiger partial charge in [0.25, 0.3) is 5.92 Å². The van der Waals surface area contributed by atoms with Gasteiger partial charge < -0.3 is 0 Å². The van der Waals surface area contributed by atoms with Crippen LogP contribution in [0.1, 0.15) is 26.7 Å². The minimum absolute atomic E-state index is 0.0903. The van der Waals surface area contributed by atoms with E-state index in [1.807, 2.05) is 0 Å². The molecule has 0 saturated heterocycles. The molecule has 0 aromatic heterocycles. The molecule has 1 aliphatic rings. The molecule has 0 heterocycles. The van der Waals surface area contributed by atoms with Gasteiger partial charge in [0.1, 0.15) is 0 Å². The van der Waals surface area contributed by atoms with E-state index in [4.69, 9.17) is 0 Å². The first-order chi connectivity index (χ1) is 4.46. The fourth-order valence-electron chi connectivity index (χ4n) is 0.907. The number of alkyl halides is 2. The van der Waals surface area contributed by atoms with E-state index in [1.54, 1.807) is 0 Å². The van der Waals surface area contributed by atoms with Crippen LogP contribution in [0.4, 0.5) is 8.78 Å². The Morgan fingerprint density at radius 1 is 1.30 bits per heavy atom. The van der Waals surface area contributed by atoms with E-state index in [9.17, 15) is 8.78 Å². The van der Waals surface area contributed by atoms with Crippen LogP contribution in [-0.4, -0.2) is 5.92 Å². The SMILES string of the molecule is CC1(C)C#CCCC1(F)F. The molecule has 0 amide bonds. The topological polar surface area (TPSA) is 0 Å². The molecular weight excluding hydrogens is 134 g/mol. The van der Waals surface area contributed by atoms with E-state index < -0.39 is 11.3 Å². The largest absolute Gasteiger partial charge is 0.264 e. The van der Waals surface area contributed by atoms with E-state index in [2.05, 4.69) is 11.8 Å². The van der Waals surface area contributed by atoms with Crippen molar-refractivity contribution in [3.63, 3.8) is 0 Å². The van der Waals surface area contributed by atoms with Gasteiger partial charge in [-0.2, -0.15) is 0 Å². The van der Waals surface area contributed by atoms with Crippen molar-refractivity contribution < 1.29 is 8.78 Å². The third kappa shape index (κ3) is 1.01. The molecule has 10 heavy (non-hydrogen) atoms. The quantitative estimate of drug-likeness (QED) is 0.458. The maximum Gasteiger partial charge on any atom is 0.264 e. The third-order valence-corrected chi connectivity index (χ3v) is 1.88. The Bertz CT molecular complexity index is 193. The van der Waals surface area contributed by atoms with Crippen molar-refractivity contribution in [2.75, 3.05) is 0 Å². The smallest absolute Gasteiger partial charge is 0.205 e. The molecule has 1 aliphatic carbocycles. The molecule has 0 radical (unpaired) electrons. The average molecular weight is 144 g/mol. The molecule has 0 aromatic rings. The highest BCUT2D eigenvalue weighted by atomic mass is 19.3. The van der Waals surface area contributed by atoms with E-state index >= 15 is 0 Å². The zero-order chi connectivity index (χ0) is 7.83. The summed E-state index contributed by atoms with van der Waals surface area (Å²) in [7, 11) is 0. The fraction of sp³-hybridized carbons (Fsp3) is 0.750. The number of hydrogen-bond acceptors (Lipinski definition) is 0. The maximum atomic E-state index is 12.9. The predicted octanol–water partition coefficient (Wildman–Crippen LogP) is 2.45. The van der Waals surface area contributed by atoms with E-state index in [0.29, 0.717) is 6.42 Å². The van der Waals surface area contributed by atoms with Crippen molar-refractivity contribution in [1.29, 1.82) is 0 Å². The Balaban J connectivity index is 2.93. The summed E-state index contributed by atoms with van der Waals surface area (Å²) in [5.41, 5.74) is -1.12. The second-order valence-electron chi connectivity index (χ2n) is 3.13. The third-order valence-electron chi connectivity index (χ3n) is 1.88. The Labute approximate surface area is 59.6 Å². The Morgan fingerprint density at radius 3 is 2.20 bits per heavy atom. The van der Waals surface area contributed by atoms with Crippen LogP contribution in [0.2, 0.25) is 0 Å². The summed E-state index contributed by atoms with van der Waals surface area (Å²) in [5.74, 6) is 2.65. The first-order valence-electron chi connectivity index (χ1n) is 3.34. The molecule has 0 N–H and O–H groups in total. The van der Waals surface area contributed by atoms with Crippen LogP contribution in [0, 0.1) is 17.3 Å². The zero-order valence-corrected chi connectivity index (χ0v) is 6.17. The summed E-state index contributed by atoms with van der Waals surface area (Å²) in [4.78, 5) is 0. The lowest BCUT2D eigenvalue weighted by Gasteiger charge is -2.31. The molecule has 0 atom stereocenters. The number of halogens is 2. The molecule has 0 bridgehead atoms. The molecule has 0 unspecified atom stereocenters. The van der Waals surface area contributed by atoms with Gasteiger partial charge in [0.2, 0.25) is 0 Å². The second-order valence-corrected chi connectivity index (χ2v) is 3.13. The Morgan fingerprint density at radius 2 is 1.90 bits per heavy atom. The van der Waals surface area contributed by atoms with Crippen molar-refractivity contribution in [3.05, 3.63) is 0 Å². The van der Waals surface area contributed by atoms with Gasteiger partial charge >= 0.3 is 0 Å². The molecular formula is C8H10F2. The molecule has 0 aromatic carbocycles. The maximum absolute atomic E-state index is 12.9. The number of rotatable bonds is 0. The van der Waals surface area contributed by atoms with Crippen molar-refractivity contribution in [2.45, 2.75) is 32.6 Å². The predicted molar refractivity (Wildman–Crippen MR) is 35.7 cm³/mol. The fourth-order valence-corrected chi connectivity index (χ4v) is 0.907. The second kappa shape index (κ2) is 1.95.